The fourth-order valence-corrected chi connectivity index (χ4v) is 2.30. The molecule has 2 rings (SSSR count). The third-order valence-electron chi connectivity index (χ3n) is 3.49. The Labute approximate surface area is 126 Å². The van der Waals surface area contributed by atoms with Crippen LogP contribution in [0.15, 0.2) is 9.59 Å². The summed E-state index contributed by atoms with van der Waals surface area (Å²) in [6, 6.07) is -1.55. The maximum atomic E-state index is 11.7. The van der Waals surface area contributed by atoms with E-state index >= 15 is 0 Å². The van der Waals surface area contributed by atoms with E-state index in [9.17, 15) is 40.1 Å². The first-order valence-electron chi connectivity index (χ1n) is 6.33. The molecule has 0 aromatic carbocycles. The van der Waals surface area contributed by atoms with Gasteiger partial charge in [0.05, 0.1) is 11.5 Å². The zero-order chi connectivity index (χ0) is 17.5. The molecule has 0 unspecified atom stereocenters. The van der Waals surface area contributed by atoms with Crippen LogP contribution in [-0.2, 0) is 0 Å². The highest BCUT2D eigenvalue weighted by Crippen LogP contribution is 2.32. The highest BCUT2D eigenvalue weighted by atomic mass is 16.6. The molecule has 1 aliphatic rings. The first-order valence-corrected chi connectivity index (χ1v) is 6.33. The van der Waals surface area contributed by atoms with Gasteiger partial charge in [-0.1, -0.05) is 0 Å². The minimum Gasteiger partial charge on any atom is -0.394 e. The van der Waals surface area contributed by atoms with Crippen LogP contribution in [0.4, 0.5) is 11.5 Å². The lowest BCUT2D eigenvalue weighted by Crippen LogP contribution is -2.49. The van der Waals surface area contributed by atoms with Crippen LogP contribution in [0.3, 0.4) is 0 Å². The predicted octanol–water partition coefficient (Wildman–Crippen LogP) is -4.20. The number of hydrogen-bond acceptors (Lipinski definition) is 10. The summed E-state index contributed by atoms with van der Waals surface area (Å²) < 4.78 is 0.436. The second-order valence-corrected chi connectivity index (χ2v) is 4.90. The van der Waals surface area contributed by atoms with Crippen LogP contribution in [0.2, 0.25) is 0 Å². The summed E-state index contributed by atoms with van der Waals surface area (Å²) in [6.45, 7) is -0.896. The van der Waals surface area contributed by atoms with Crippen molar-refractivity contribution in [3.05, 3.63) is 31.0 Å². The van der Waals surface area contributed by atoms with Gasteiger partial charge in [0.15, 0.2) is 12.0 Å². The summed E-state index contributed by atoms with van der Waals surface area (Å²) in [6.07, 6.45) is -7.47. The van der Waals surface area contributed by atoms with Gasteiger partial charge in [0.25, 0.3) is 0 Å². The number of aliphatic hydroxyl groups is 5. The number of aliphatic hydroxyl groups excluding tert-OH is 5. The number of hydrogen-bond donors (Lipinski definition) is 7. The van der Waals surface area contributed by atoms with Crippen molar-refractivity contribution < 1.29 is 30.5 Å². The molecule has 23 heavy (non-hydrogen) atoms. The summed E-state index contributed by atoms with van der Waals surface area (Å²) in [5, 5.41) is 60.8. The van der Waals surface area contributed by atoms with Crippen molar-refractivity contribution in [2.75, 3.05) is 11.9 Å². The van der Waals surface area contributed by atoms with Gasteiger partial charge < -0.3 is 30.8 Å². The highest BCUT2D eigenvalue weighted by molar-refractivity contribution is 5.58. The zero-order valence-electron chi connectivity index (χ0n) is 11.4. The van der Waals surface area contributed by atoms with Crippen molar-refractivity contribution in [2.24, 2.45) is 0 Å². The molecule has 13 nitrogen and oxygen atoms in total. The Bertz CT molecular complexity index is 728. The summed E-state index contributed by atoms with van der Waals surface area (Å²) in [5.41, 5.74) is -3.53. The van der Waals surface area contributed by atoms with E-state index in [1.54, 1.807) is 4.98 Å². The van der Waals surface area contributed by atoms with E-state index in [-0.39, 0.29) is 0 Å². The molecule has 13 heteroatoms. The van der Waals surface area contributed by atoms with Gasteiger partial charge in [-0.15, -0.1) is 0 Å². The van der Waals surface area contributed by atoms with Gasteiger partial charge in [-0.2, -0.15) is 0 Å². The Morgan fingerprint density at radius 1 is 1.30 bits per heavy atom. The standard InChI is InChI=1S/C10H14N4O9/c15-1-2(16)5(17)6(18)3-9(20)13-7(11-3)4(14(22)23)8(19)12-10(13)21/h2-3,5-6,9,11,15-18,20H,1H2,(H,12,19,21)/t2-,3-,5+,6-,9+/m1/s1. The Morgan fingerprint density at radius 3 is 2.43 bits per heavy atom. The Hall–Kier alpha value is -2.32. The molecule has 0 amide bonds. The zero-order valence-corrected chi connectivity index (χ0v) is 11.4. The van der Waals surface area contributed by atoms with E-state index in [4.69, 9.17) is 5.11 Å². The molecule has 0 aliphatic carbocycles. The Kier molecular flexibility index (Phi) is 4.49. The Balaban J connectivity index is 2.47. The van der Waals surface area contributed by atoms with Crippen LogP contribution in [-0.4, -0.2) is 71.0 Å². The lowest BCUT2D eigenvalue weighted by molar-refractivity contribution is -0.385. The van der Waals surface area contributed by atoms with Gasteiger partial charge in [0, 0.05) is 0 Å². The van der Waals surface area contributed by atoms with Gasteiger partial charge in [0.1, 0.15) is 24.4 Å². The van der Waals surface area contributed by atoms with E-state index in [0.717, 1.165) is 0 Å². The molecular formula is C10H14N4O9. The lowest BCUT2D eigenvalue weighted by atomic mass is 10.0. The third kappa shape index (κ3) is 2.71. The highest BCUT2D eigenvalue weighted by Gasteiger charge is 2.44. The SMILES string of the molecule is O=c1[nH]c(=O)n2c(c1[N+](=O)[O-])N[C@H]([C@@H](O)[C@@H](O)[C@H](O)CO)[C@@H]2O. The third-order valence-corrected chi connectivity index (χ3v) is 3.49. The molecule has 0 saturated carbocycles. The summed E-state index contributed by atoms with van der Waals surface area (Å²) in [7, 11) is 0. The average molecular weight is 334 g/mol. The van der Waals surface area contributed by atoms with E-state index in [2.05, 4.69) is 5.32 Å². The molecule has 7 N–H and O–H groups in total. The molecule has 0 saturated heterocycles. The number of nitrogens with zero attached hydrogens (tertiary/aromatic N) is 2. The summed E-state index contributed by atoms with van der Waals surface area (Å²) >= 11 is 0. The number of nitro groups is 1. The molecule has 0 bridgehead atoms. The van der Waals surface area contributed by atoms with Crippen LogP contribution < -0.4 is 16.6 Å². The second-order valence-electron chi connectivity index (χ2n) is 4.90. The van der Waals surface area contributed by atoms with Gasteiger partial charge in [0.2, 0.25) is 0 Å². The van der Waals surface area contributed by atoms with Crippen molar-refractivity contribution in [3.8, 4) is 0 Å². The van der Waals surface area contributed by atoms with Gasteiger partial charge >= 0.3 is 16.9 Å². The van der Waals surface area contributed by atoms with Crippen LogP contribution >= 0.6 is 0 Å². The summed E-state index contributed by atoms with van der Waals surface area (Å²) in [5.74, 6) is -0.647. The number of H-pyrrole nitrogens is 1. The van der Waals surface area contributed by atoms with Crippen molar-refractivity contribution in [3.63, 3.8) is 0 Å². The minimum atomic E-state index is -1.92. The van der Waals surface area contributed by atoms with Crippen LogP contribution in [0.25, 0.3) is 0 Å². The molecule has 0 fully saturated rings. The van der Waals surface area contributed by atoms with Crippen molar-refractivity contribution in [1.82, 2.24) is 9.55 Å². The van der Waals surface area contributed by atoms with Crippen LogP contribution in [0.1, 0.15) is 6.23 Å². The molecular weight excluding hydrogens is 320 g/mol. The van der Waals surface area contributed by atoms with Crippen molar-refractivity contribution in [2.45, 2.75) is 30.6 Å². The first kappa shape index (κ1) is 17.0. The Morgan fingerprint density at radius 2 is 1.91 bits per heavy atom. The largest absolute Gasteiger partial charge is 0.394 e. The quantitative estimate of drug-likeness (QED) is 0.204. The number of aromatic amines is 1. The molecule has 1 aliphatic heterocycles. The summed E-state index contributed by atoms with van der Waals surface area (Å²) in [4.78, 5) is 34.7. The number of anilines is 1. The van der Waals surface area contributed by atoms with E-state index in [1.807, 2.05) is 0 Å². The monoisotopic (exact) mass is 334 g/mol. The molecule has 0 spiro atoms. The predicted molar refractivity (Wildman–Crippen MR) is 71.7 cm³/mol. The smallest absolute Gasteiger partial charge is 0.374 e. The van der Waals surface area contributed by atoms with Crippen molar-refractivity contribution >= 4 is 11.5 Å². The second kappa shape index (κ2) is 6.05. The maximum Gasteiger partial charge on any atom is 0.374 e. The molecule has 128 valence electrons. The number of fused-ring (bicyclic) bond motifs is 1. The van der Waals surface area contributed by atoms with Crippen LogP contribution in [0, 0.1) is 10.1 Å². The van der Waals surface area contributed by atoms with E-state index in [0.29, 0.717) is 4.57 Å². The average Bonchev–Trinajstić information content (AvgIpc) is 2.82. The topological polar surface area (TPSA) is 211 Å². The molecule has 0 radical (unpaired) electrons. The maximum absolute atomic E-state index is 11.7. The first-order chi connectivity index (χ1) is 10.7. The van der Waals surface area contributed by atoms with Gasteiger partial charge in [-0.05, 0) is 0 Å². The van der Waals surface area contributed by atoms with E-state index in [1.165, 1.54) is 0 Å². The molecule has 1 aromatic heterocycles. The fraction of sp³-hybridized carbons (Fsp3) is 0.600. The van der Waals surface area contributed by atoms with E-state index < -0.39 is 64.9 Å². The van der Waals surface area contributed by atoms with Gasteiger partial charge in [-0.25, -0.2) is 9.36 Å². The normalized spacial score (nSPS) is 23.7. The molecule has 5 atom stereocenters. The minimum absolute atomic E-state index is 0.436. The van der Waals surface area contributed by atoms with Gasteiger partial charge in [-0.3, -0.25) is 19.9 Å². The number of aromatic nitrogens is 2. The fourth-order valence-electron chi connectivity index (χ4n) is 2.30. The lowest BCUT2D eigenvalue weighted by Gasteiger charge is -2.27. The van der Waals surface area contributed by atoms with Crippen LogP contribution in [0.5, 0.6) is 0 Å². The number of rotatable bonds is 5. The van der Waals surface area contributed by atoms with Crippen molar-refractivity contribution in [1.29, 1.82) is 0 Å². The molecule has 1 aromatic rings. The molecule has 2 heterocycles. The number of nitrogens with one attached hydrogen (secondary N) is 2.